The van der Waals surface area contributed by atoms with Crippen LogP contribution in [0.5, 0.6) is 0 Å². The molecule has 0 spiro atoms. The molecule has 2 aromatic carbocycles. The van der Waals surface area contributed by atoms with Crippen molar-refractivity contribution in [2.75, 3.05) is 21.7 Å². The number of carbonyl (C=O) groups excluding carboxylic acids is 2. The number of anilines is 4. The summed E-state index contributed by atoms with van der Waals surface area (Å²) in [6, 6.07) is 14.0. The zero-order valence-corrected chi connectivity index (χ0v) is 18.1. The number of hydrogen-bond donors (Lipinski definition) is 4. The van der Waals surface area contributed by atoms with Gasteiger partial charge >= 0.3 is 6.03 Å². The second kappa shape index (κ2) is 8.83. The topological polar surface area (TPSA) is 135 Å². The Morgan fingerprint density at radius 2 is 1.70 bits per heavy atom. The van der Waals surface area contributed by atoms with Gasteiger partial charge in [0, 0.05) is 28.3 Å². The number of carbonyl (C=O) groups is 2. The van der Waals surface area contributed by atoms with E-state index in [4.69, 9.17) is 10.3 Å². The van der Waals surface area contributed by atoms with Crippen LogP contribution in [0.4, 0.5) is 27.7 Å². The van der Waals surface area contributed by atoms with E-state index in [2.05, 4.69) is 32.7 Å². The molecule has 2 heterocycles. The summed E-state index contributed by atoms with van der Waals surface area (Å²) in [5.41, 5.74) is 11.5. The number of fused-ring (bicyclic) bond motifs is 1. The quantitative estimate of drug-likeness (QED) is 0.326. The SMILES string of the molecule is C=CC(=O)Nc1ccc(NC(=O)Nc2ccc(-c3cc(C)nc4onc(N)c34)cc2)cc1C. The predicted octanol–water partition coefficient (Wildman–Crippen LogP) is 4.86. The fourth-order valence-electron chi connectivity index (χ4n) is 3.42. The van der Waals surface area contributed by atoms with Crippen molar-refractivity contribution in [3.63, 3.8) is 0 Å². The highest BCUT2D eigenvalue weighted by Gasteiger charge is 2.14. The van der Waals surface area contributed by atoms with Gasteiger partial charge in [-0.1, -0.05) is 23.9 Å². The van der Waals surface area contributed by atoms with Crippen molar-refractivity contribution in [3.8, 4) is 11.1 Å². The number of benzene rings is 2. The third-order valence-electron chi connectivity index (χ3n) is 4.98. The van der Waals surface area contributed by atoms with Gasteiger partial charge in [0.2, 0.25) is 5.91 Å². The van der Waals surface area contributed by atoms with Gasteiger partial charge in [-0.2, -0.15) is 0 Å². The van der Waals surface area contributed by atoms with Crippen LogP contribution in [0, 0.1) is 13.8 Å². The van der Waals surface area contributed by atoms with Gasteiger partial charge in [0.1, 0.15) is 0 Å². The molecule has 5 N–H and O–H groups in total. The Kier molecular flexibility index (Phi) is 5.77. The van der Waals surface area contributed by atoms with E-state index in [1.165, 1.54) is 6.08 Å². The summed E-state index contributed by atoms with van der Waals surface area (Å²) in [6.07, 6.45) is 1.20. The van der Waals surface area contributed by atoms with Crippen LogP contribution in [0.25, 0.3) is 22.2 Å². The second-order valence-electron chi connectivity index (χ2n) is 7.44. The molecule has 166 valence electrons. The maximum atomic E-state index is 12.4. The molecule has 0 fully saturated rings. The maximum Gasteiger partial charge on any atom is 0.323 e. The van der Waals surface area contributed by atoms with Crippen molar-refractivity contribution < 1.29 is 14.1 Å². The first-order valence-electron chi connectivity index (χ1n) is 10.1. The molecular formula is C24H22N6O3. The number of nitrogens with two attached hydrogens (primary N) is 1. The van der Waals surface area contributed by atoms with Gasteiger partial charge < -0.3 is 26.2 Å². The summed E-state index contributed by atoms with van der Waals surface area (Å²) in [7, 11) is 0. The van der Waals surface area contributed by atoms with Crippen LogP contribution >= 0.6 is 0 Å². The molecule has 2 aromatic heterocycles. The van der Waals surface area contributed by atoms with Crippen molar-refractivity contribution in [1.82, 2.24) is 10.1 Å². The van der Waals surface area contributed by atoms with E-state index in [9.17, 15) is 9.59 Å². The van der Waals surface area contributed by atoms with Gasteiger partial charge in [0.25, 0.3) is 5.71 Å². The van der Waals surface area contributed by atoms with E-state index in [-0.39, 0.29) is 11.7 Å². The molecule has 0 bridgehead atoms. The van der Waals surface area contributed by atoms with Gasteiger partial charge in [0.05, 0.1) is 5.39 Å². The molecule has 0 aliphatic heterocycles. The number of pyridine rings is 1. The molecule has 0 aliphatic carbocycles. The fraction of sp³-hybridized carbons (Fsp3) is 0.0833. The lowest BCUT2D eigenvalue weighted by molar-refractivity contribution is -0.111. The van der Waals surface area contributed by atoms with Crippen LogP contribution in [-0.2, 0) is 4.79 Å². The molecule has 0 radical (unpaired) electrons. The third kappa shape index (κ3) is 4.67. The summed E-state index contributed by atoms with van der Waals surface area (Å²) in [6.45, 7) is 7.13. The zero-order valence-electron chi connectivity index (χ0n) is 18.1. The van der Waals surface area contributed by atoms with Crippen LogP contribution in [0.3, 0.4) is 0 Å². The Bertz CT molecular complexity index is 1380. The first-order valence-corrected chi connectivity index (χ1v) is 10.1. The van der Waals surface area contributed by atoms with Crippen LogP contribution in [0.15, 0.2) is 65.7 Å². The van der Waals surface area contributed by atoms with E-state index in [0.29, 0.717) is 28.2 Å². The number of hydrogen-bond acceptors (Lipinski definition) is 6. The number of aromatic nitrogens is 2. The molecule has 0 saturated heterocycles. The van der Waals surface area contributed by atoms with E-state index in [1.54, 1.807) is 30.3 Å². The van der Waals surface area contributed by atoms with Crippen LogP contribution < -0.4 is 21.7 Å². The molecule has 9 heteroatoms. The van der Waals surface area contributed by atoms with E-state index in [0.717, 1.165) is 22.4 Å². The highest BCUT2D eigenvalue weighted by Crippen LogP contribution is 2.32. The normalized spacial score (nSPS) is 10.6. The van der Waals surface area contributed by atoms with Gasteiger partial charge in [-0.05, 0) is 67.4 Å². The summed E-state index contributed by atoms with van der Waals surface area (Å²) in [5.74, 6) is -0.0196. The molecule has 9 nitrogen and oxygen atoms in total. The average molecular weight is 442 g/mol. The molecule has 0 atom stereocenters. The molecule has 4 rings (SSSR count). The minimum atomic E-state index is -0.393. The molecular weight excluding hydrogens is 420 g/mol. The number of nitrogens with zero attached hydrogens (tertiary/aromatic N) is 2. The highest BCUT2D eigenvalue weighted by atomic mass is 16.5. The summed E-state index contributed by atoms with van der Waals surface area (Å²) < 4.78 is 5.19. The number of amides is 3. The van der Waals surface area contributed by atoms with Gasteiger partial charge in [-0.15, -0.1) is 0 Å². The van der Waals surface area contributed by atoms with Crippen molar-refractivity contribution in [3.05, 3.63) is 72.4 Å². The maximum absolute atomic E-state index is 12.4. The lowest BCUT2D eigenvalue weighted by Crippen LogP contribution is -2.19. The lowest BCUT2D eigenvalue weighted by Gasteiger charge is -2.12. The summed E-state index contributed by atoms with van der Waals surface area (Å²) in [5, 5.41) is 12.7. The molecule has 4 aromatic rings. The Morgan fingerprint density at radius 1 is 1.00 bits per heavy atom. The lowest BCUT2D eigenvalue weighted by atomic mass is 10.0. The Balaban J connectivity index is 1.46. The predicted molar refractivity (Wildman–Crippen MR) is 129 cm³/mol. The highest BCUT2D eigenvalue weighted by molar-refractivity contribution is 6.02. The molecule has 0 unspecified atom stereocenters. The number of nitrogen functional groups attached to an aromatic ring is 1. The van der Waals surface area contributed by atoms with Gasteiger partial charge in [-0.25, -0.2) is 9.78 Å². The van der Waals surface area contributed by atoms with Crippen LogP contribution in [-0.4, -0.2) is 22.1 Å². The Hall–Kier alpha value is -4.66. The smallest absolute Gasteiger partial charge is 0.323 e. The number of aryl methyl sites for hydroxylation is 2. The second-order valence-corrected chi connectivity index (χ2v) is 7.44. The average Bonchev–Trinajstić information content (AvgIpc) is 3.15. The number of urea groups is 1. The van der Waals surface area contributed by atoms with E-state index in [1.807, 2.05) is 32.0 Å². The minimum absolute atomic E-state index is 0.277. The monoisotopic (exact) mass is 442 g/mol. The first-order chi connectivity index (χ1) is 15.8. The standard InChI is InChI=1S/C24H22N6O3/c1-4-20(31)29-19-10-9-17(11-13(19)2)28-24(32)27-16-7-5-15(6-8-16)18-12-14(3)26-23-21(18)22(25)30-33-23/h4-12H,1H2,2-3H3,(H2,25,30)(H,29,31)(H2,27,28,32). The Labute approximate surface area is 189 Å². The molecule has 3 amide bonds. The van der Waals surface area contributed by atoms with Crippen molar-refractivity contribution in [1.29, 1.82) is 0 Å². The van der Waals surface area contributed by atoms with Gasteiger partial charge in [0.15, 0.2) is 5.82 Å². The number of rotatable bonds is 5. The molecule has 0 aliphatic rings. The van der Waals surface area contributed by atoms with Crippen LogP contribution in [0.2, 0.25) is 0 Å². The zero-order chi connectivity index (χ0) is 23.5. The van der Waals surface area contributed by atoms with Crippen molar-refractivity contribution in [2.24, 2.45) is 0 Å². The Morgan fingerprint density at radius 3 is 2.39 bits per heavy atom. The summed E-state index contributed by atoms with van der Waals surface area (Å²) in [4.78, 5) is 28.2. The van der Waals surface area contributed by atoms with Crippen LogP contribution in [0.1, 0.15) is 11.3 Å². The third-order valence-corrected chi connectivity index (χ3v) is 4.98. The largest absolute Gasteiger partial charge is 0.380 e. The van der Waals surface area contributed by atoms with E-state index < -0.39 is 6.03 Å². The summed E-state index contributed by atoms with van der Waals surface area (Å²) >= 11 is 0. The fourth-order valence-corrected chi connectivity index (χ4v) is 3.42. The molecule has 33 heavy (non-hydrogen) atoms. The van der Waals surface area contributed by atoms with Crippen molar-refractivity contribution >= 4 is 45.9 Å². The van der Waals surface area contributed by atoms with Crippen molar-refractivity contribution in [2.45, 2.75) is 13.8 Å². The minimum Gasteiger partial charge on any atom is -0.380 e. The van der Waals surface area contributed by atoms with Gasteiger partial charge in [-0.3, -0.25) is 4.79 Å². The number of nitrogens with one attached hydrogen (secondary N) is 3. The molecule has 0 saturated carbocycles. The first kappa shape index (κ1) is 21.6. The van der Waals surface area contributed by atoms with E-state index >= 15 is 0 Å².